The first kappa shape index (κ1) is 11.3. The number of aliphatic hydroxyl groups excluding tert-OH is 1. The summed E-state index contributed by atoms with van der Waals surface area (Å²) in [5, 5.41) is 12.2. The van der Waals surface area contributed by atoms with Crippen LogP contribution in [0.4, 0.5) is 0 Å². The Morgan fingerprint density at radius 1 is 1.47 bits per heavy atom. The molecular weight excluding hydrogens is 190 g/mol. The van der Waals surface area contributed by atoms with Gasteiger partial charge in [0, 0.05) is 6.54 Å². The number of hydrogen-bond acceptors (Lipinski definition) is 2. The van der Waals surface area contributed by atoms with Crippen LogP contribution in [0, 0.1) is 11.8 Å². The monoisotopic (exact) mass is 203 g/mol. The second-order valence-corrected chi connectivity index (χ2v) is 3.01. The fourth-order valence-corrected chi connectivity index (χ4v) is 1.14. The van der Waals surface area contributed by atoms with E-state index >= 15 is 0 Å². The molecule has 1 aromatic carbocycles. The topological polar surface area (TPSA) is 49.3 Å². The Labute approximate surface area is 89.1 Å². The molecule has 0 bridgehead atoms. The van der Waals surface area contributed by atoms with Crippen molar-refractivity contribution in [3.8, 4) is 11.8 Å². The maximum absolute atomic E-state index is 11.0. The number of hydrogen-bond donors (Lipinski definition) is 2. The number of benzene rings is 1. The smallest absolute Gasteiger partial charge is 0.295 e. The highest BCUT2D eigenvalue weighted by Gasteiger charge is 2.07. The van der Waals surface area contributed by atoms with Crippen LogP contribution in [0.5, 0.6) is 0 Å². The molecule has 1 unspecified atom stereocenters. The van der Waals surface area contributed by atoms with Crippen LogP contribution in [-0.2, 0) is 4.79 Å². The van der Waals surface area contributed by atoms with Gasteiger partial charge >= 0.3 is 0 Å². The minimum atomic E-state index is -0.686. The van der Waals surface area contributed by atoms with Gasteiger partial charge in [-0.15, -0.1) is 0 Å². The van der Waals surface area contributed by atoms with Gasteiger partial charge in [-0.25, -0.2) is 0 Å². The lowest BCUT2D eigenvalue weighted by molar-refractivity contribution is -0.116. The third-order valence-electron chi connectivity index (χ3n) is 1.88. The molecule has 0 heterocycles. The summed E-state index contributed by atoms with van der Waals surface area (Å²) in [6, 6.07) is 9.17. The number of carbonyl (C=O) groups is 1. The Balaban J connectivity index is 2.46. The second-order valence-electron chi connectivity index (χ2n) is 3.01. The Hall–Kier alpha value is -1.79. The SMILES string of the molecule is CC#CC(=O)NCC(O)c1ccccc1. The van der Waals surface area contributed by atoms with E-state index in [9.17, 15) is 9.90 Å². The van der Waals surface area contributed by atoms with Crippen LogP contribution in [0.25, 0.3) is 0 Å². The molecule has 0 aliphatic heterocycles. The molecule has 0 saturated carbocycles. The molecule has 2 N–H and O–H groups in total. The van der Waals surface area contributed by atoms with Crippen LogP contribution in [0.2, 0.25) is 0 Å². The van der Waals surface area contributed by atoms with Gasteiger partial charge in [0.2, 0.25) is 0 Å². The Bertz CT molecular complexity index is 376. The van der Waals surface area contributed by atoms with Crippen molar-refractivity contribution in [2.75, 3.05) is 6.54 Å². The third kappa shape index (κ3) is 3.84. The predicted molar refractivity (Wildman–Crippen MR) is 57.9 cm³/mol. The van der Waals surface area contributed by atoms with Gasteiger partial charge in [0.15, 0.2) is 0 Å². The first-order valence-electron chi connectivity index (χ1n) is 4.67. The van der Waals surface area contributed by atoms with Crippen LogP contribution in [-0.4, -0.2) is 17.6 Å². The van der Waals surface area contributed by atoms with Gasteiger partial charge in [-0.1, -0.05) is 36.3 Å². The van der Waals surface area contributed by atoms with E-state index < -0.39 is 6.10 Å². The molecule has 1 atom stereocenters. The fraction of sp³-hybridized carbons (Fsp3) is 0.250. The lowest BCUT2D eigenvalue weighted by atomic mass is 10.1. The van der Waals surface area contributed by atoms with Gasteiger partial charge in [0.1, 0.15) is 0 Å². The van der Waals surface area contributed by atoms with Crippen molar-refractivity contribution in [1.82, 2.24) is 5.32 Å². The zero-order valence-corrected chi connectivity index (χ0v) is 8.53. The zero-order chi connectivity index (χ0) is 11.1. The molecule has 0 aliphatic rings. The summed E-state index contributed by atoms with van der Waals surface area (Å²) in [5.41, 5.74) is 0.780. The first-order valence-corrected chi connectivity index (χ1v) is 4.67. The molecule has 3 heteroatoms. The van der Waals surface area contributed by atoms with Crippen molar-refractivity contribution in [3.05, 3.63) is 35.9 Å². The van der Waals surface area contributed by atoms with Crippen LogP contribution in [0.3, 0.4) is 0 Å². The Morgan fingerprint density at radius 3 is 2.73 bits per heavy atom. The zero-order valence-electron chi connectivity index (χ0n) is 8.53. The lowest BCUT2D eigenvalue weighted by Crippen LogP contribution is -2.26. The summed E-state index contributed by atoms with van der Waals surface area (Å²) >= 11 is 0. The molecular formula is C12H13NO2. The highest BCUT2D eigenvalue weighted by atomic mass is 16.3. The maximum atomic E-state index is 11.0. The molecule has 3 nitrogen and oxygen atoms in total. The van der Waals surface area contributed by atoms with Crippen molar-refractivity contribution < 1.29 is 9.90 Å². The van der Waals surface area contributed by atoms with E-state index in [1.807, 2.05) is 30.3 Å². The minimum Gasteiger partial charge on any atom is -0.387 e. The van der Waals surface area contributed by atoms with Crippen LogP contribution >= 0.6 is 0 Å². The molecule has 1 amide bonds. The Kier molecular flexibility index (Phi) is 4.39. The van der Waals surface area contributed by atoms with E-state index in [4.69, 9.17) is 0 Å². The highest BCUT2D eigenvalue weighted by molar-refractivity contribution is 5.93. The van der Waals surface area contributed by atoms with Gasteiger partial charge in [-0.3, -0.25) is 4.79 Å². The van der Waals surface area contributed by atoms with Gasteiger partial charge in [0.05, 0.1) is 6.10 Å². The van der Waals surface area contributed by atoms with E-state index in [0.29, 0.717) is 0 Å². The average molecular weight is 203 g/mol. The summed E-state index contributed by atoms with van der Waals surface area (Å²) in [4.78, 5) is 11.0. The molecule has 78 valence electrons. The van der Waals surface area contributed by atoms with Gasteiger partial charge < -0.3 is 10.4 Å². The number of nitrogens with one attached hydrogen (secondary N) is 1. The normalized spacial score (nSPS) is 11.1. The summed E-state index contributed by atoms with van der Waals surface area (Å²) < 4.78 is 0. The molecule has 0 spiro atoms. The average Bonchev–Trinajstić information content (AvgIpc) is 2.27. The number of rotatable bonds is 3. The summed E-state index contributed by atoms with van der Waals surface area (Å²) in [6.45, 7) is 1.77. The first-order chi connectivity index (χ1) is 7.24. The van der Waals surface area contributed by atoms with Gasteiger partial charge in [-0.2, -0.15) is 0 Å². The maximum Gasteiger partial charge on any atom is 0.295 e. The highest BCUT2D eigenvalue weighted by Crippen LogP contribution is 2.10. The van der Waals surface area contributed by atoms with E-state index in [0.717, 1.165) is 5.56 Å². The van der Waals surface area contributed by atoms with Crippen LogP contribution < -0.4 is 5.32 Å². The largest absolute Gasteiger partial charge is 0.387 e. The minimum absolute atomic E-state index is 0.178. The number of aliphatic hydroxyl groups is 1. The van der Waals surface area contributed by atoms with Gasteiger partial charge in [-0.05, 0) is 18.4 Å². The molecule has 0 aliphatic carbocycles. The number of amides is 1. The van der Waals surface area contributed by atoms with E-state index in [1.165, 1.54) is 0 Å². The standard InChI is InChI=1S/C12H13NO2/c1-2-6-12(15)13-9-11(14)10-7-4-3-5-8-10/h3-5,7-8,11,14H,9H2,1H3,(H,13,15). The molecule has 1 aromatic rings. The molecule has 15 heavy (non-hydrogen) atoms. The van der Waals surface area contributed by atoms with E-state index in [1.54, 1.807) is 6.92 Å². The van der Waals surface area contributed by atoms with Crippen molar-refractivity contribution in [3.63, 3.8) is 0 Å². The van der Waals surface area contributed by atoms with Crippen molar-refractivity contribution in [2.24, 2.45) is 0 Å². The second kappa shape index (κ2) is 5.84. The third-order valence-corrected chi connectivity index (χ3v) is 1.88. The fourth-order valence-electron chi connectivity index (χ4n) is 1.14. The summed E-state index contributed by atoms with van der Waals surface area (Å²) in [6.07, 6.45) is -0.686. The van der Waals surface area contributed by atoms with Crippen LogP contribution in [0.15, 0.2) is 30.3 Å². The molecule has 0 aromatic heterocycles. The van der Waals surface area contributed by atoms with Crippen molar-refractivity contribution in [2.45, 2.75) is 13.0 Å². The van der Waals surface area contributed by atoms with Gasteiger partial charge in [0.25, 0.3) is 5.91 Å². The summed E-state index contributed by atoms with van der Waals surface area (Å²) in [5.74, 6) is 4.46. The molecule has 0 radical (unpaired) electrons. The van der Waals surface area contributed by atoms with Crippen LogP contribution in [0.1, 0.15) is 18.6 Å². The number of carbonyl (C=O) groups excluding carboxylic acids is 1. The molecule has 0 saturated heterocycles. The quantitative estimate of drug-likeness (QED) is 0.716. The molecule has 1 rings (SSSR count). The lowest BCUT2D eigenvalue weighted by Gasteiger charge is -2.10. The summed E-state index contributed by atoms with van der Waals surface area (Å²) in [7, 11) is 0. The predicted octanol–water partition coefficient (Wildman–Crippen LogP) is 0.860. The molecule has 0 fully saturated rings. The van der Waals surface area contributed by atoms with Crippen molar-refractivity contribution >= 4 is 5.91 Å². The van der Waals surface area contributed by atoms with E-state index in [-0.39, 0.29) is 12.5 Å². The Morgan fingerprint density at radius 2 is 2.13 bits per heavy atom. The van der Waals surface area contributed by atoms with Crippen molar-refractivity contribution in [1.29, 1.82) is 0 Å². The van der Waals surface area contributed by atoms with E-state index in [2.05, 4.69) is 17.2 Å².